The number of benzene rings is 2. The van der Waals surface area contributed by atoms with Crippen molar-refractivity contribution in [2.45, 2.75) is 45.4 Å². The zero-order valence-corrected chi connectivity index (χ0v) is 17.2. The summed E-state index contributed by atoms with van der Waals surface area (Å²) in [5.41, 5.74) is -0.374. The van der Waals surface area contributed by atoms with Crippen LogP contribution >= 0.6 is 0 Å². The molecule has 9 heteroatoms. The third kappa shape index (κ3) is 3.70. The molecule has 0 radical (unpaired) electrons. The molecule has 1 fully saturated rings. The molecule has 1 aliphatic rings. The van der Waals surface area contributed by atoms with Gasteiger partial charge in [-0.3, -0.25) is 0 Å². The minimum atomic E-state index is -1.13. The van der Waals surface area contributed by atoms with Gasteiger partial charge in [-0.2, -0.15) is 4.39 Å². The van der Waals surface area contributed by atoms with Crippen LogP contribution in [0.5, 0.6) is 11.6 Å². The van der Waals surface area contributed by atoms with Gasteiger partial charge in [-0.05, 0) is 39.3 Å². The van der Waals surface area contributed by atoms with Crippen LogP contribution in [0, 0.1) is 11.6 Å². The van der Waals surface area contributed by atoms with E-state index in [4.69, 9.17) is 14.0 Å². The van der Waals surface area contributed by atoms with Crippen LogP contribution in [0.25, 0.3) is 0 Å². The molecular formula is C21H22BF2N3O3. The lowest BCUT2D eigenvalue weighted by Crippen LogP contribution is -2.41. The predicted octanol–water partition coefficient (Wildman–Crippen LogP) is 3.70. The van der Waals surface area contributed by atoms with Gasteiger partial charge in [-0.15, -0.1) is 5.10 Å². The Morgan fingerprint density at radius 1 is 0.967 bits per heavy atom. The van der Waals surface area contributed by atoms with Crippen molar-refractivity contribution in [3.63, 3.8) is 0 Å². The zero-order chi connectivity index (χ0) is 21.5. The quantitative estimate of drug-likeness (QED) is 0.598. The molecule has 0 saturated carbocycles. The number of aromatic nitrogens is 3. The standard InChI is InChI=1S/C21H22BF2N3O3/c1-20(2)21(3,4)30-22(29-20)15-10-11-16(19(24)18(15)23)28-17-12-25-26-27(17)13-14-8-6-5-7-9-14/h5-12H,13H2,1-4H3. The second kappa shape index (κ2) is 7.48. The first-order valence-corrected chi connectivity index (χ1v) is 9.62. The molecule has 0 bridgehead atoms. The highest BCUT2D eigenvalue weighted by atomic mass is 19.2. The van der Waals surface area contributed by atoms with Crippen molar-refractivity contribution in [1.82, 2.24) is 15.0 Å². The molecule has 6 nitrogen and oxygen atoms in total. The molecule has 3 aromatic rings. The third-order valence-electron chi connectivity index (χ3n) is 5.56. The summed E-state index contributed by atoms with van der Waals surface area (Å²) in [5.74, 6) is -2.28. The van der Waals surface area contributed by atoms with Crippen LogP contribution in [0.15, 0.2) is 48.7 Å². The Morgan fingerprint density at radius 3 is 2.30 bits per heavy atom. The molecule has 1 aliphatic heterocycles. The maximum atomic E-state index is 14.8. The minimum Gasteiger partial charge on any atom is -0.434 e. The molecule has 30 heavy (non-hydrogen) atoms. The summed E-state index contributed by atoms with van der Waals surface area (Å²) < 4.78 is 48.3. The Hall–Kier alpha value is -2.78. The molecule has 0 spiro atoms. The van der Waals surface area contributed by atoms with E-state index in [9.17, 15) is 8.78 Å². The molecular weight excluding hydrogens is 391 g/mol. The van der Waals surface area contributed by atoms with E-state index >= 15 is 0 Å². The van der Waals surface area contributed by atoms with E-state index in [0.717, 1.165) is 5.56 Å². The van der Waals surface area contributed by atoms with E-state index in [1.54, 1.807) is 0 Å². The molecule has 0 aliphatic carbocycles. The van der Waals surface area contributed by atoms with E-state index in [0.29, 0.717) is 6.54 Å². The highest BCUT2D eigenvalue weighted by Crippen LogP contribution is 2.37. The van der Waals surface area contributed by atoms with Crippen LogP contribution in [0.2, 0.25) is 0 Å². The van der Waals surface area contributed by atoms with Gasteiger partial charge < -0.3 is 14.0 Å². The van der Waals surface area contributed by atoms with Gasteiger partial charge in [0.2, 0.25) is 11.7 Å². The predicted molar refractivity (Wildman–Crippen MR) is 108 cm³/mol. The number of hydrogen-bond acceptors (Lipinski definition) is 5. The van der Waals surface area contributed by atoms with Crippen LogP contribution < -0.4 is 10.2 Å². The highest BCUT2D eigenvalue weighted by molar-refractivity contribution is 6.62. The van der Waals surface area contributed by atoms with Crippen molar-refractivity contribution in [3.8, 4) is 11.6 Å². The Bertz CT molecular complexity index is 1040. The van der Waals surface area contributed by atoms with Gasteiger partial charge in [0.15, 0.2) is 11.6 Å². The van der Waals surface area contributed by atoms with E-state index < -0.39 is 30.0 Å². The molecule has 4 rings (SSSR count). The normalized spacial score (nSPS) is 17.3. The fraction of sp³-hybridized carbons (Fsp3) is 0.333. The molecule has 2 aromatic carbocycles. The van der Waals surface area contributed by atoms with Crippen LogP contribution in [0.3, 0.4) is 0 Å². The smallest absolute Gasteiger partial charge is 0.434 e. The first-order chi connectivity index (χ1) is 14.2. The summed E-state index contributed by atoms with van der Waals surface area (Å²) in [7, 11) is -1.01. The van der Waals surface area contributed by atoms with Crippen molar-refractivity contribution in [2.24, 2.45) is 0 Å². The average Bonchev–Trinajstić information content (AvgIpc) is 3.20. The lowest BCUT2D eigenvalue weighted by atomic mass is 9.78. The lowest BCUT2D eigenvalue weighted by Gasteiger charge is -2.32. The van der Waals surface area contributed by atoms with Gasteiger partial charge in [-0.1, -0.05) is 41.6 Å². The second-order valence-corrected chi connectivity index (χ2v) is 8.19. The number of ether oxygens (including phenoxy) is 1. The van der Waals surface area contributed by atoms with Gasteiger partial charge in [0.05, 0.1) is 17.7 Å². The second-order valence-electron chi connectivity index (χ2n) is 8.19. The number of nitrogens with zero attached hydrogens (tertiary/aromatic N) is 3. The summed E-state index contributed by atoms with van der Waals surface area (Å²) in [5, 5.41) is 7.77. The summed E-state index contributed by atoms with van der Waals surface area (Å²) in [6, 6.07) is 12.3. The van der Waals surface area contributed by atoms with E-state index in [-0.39, 0.29) is 17.1 Å². The fourth-order valence-corrected chi connectivity index (χ4v) is 3.08. The maximum Gasteiger partial charge on any atom is 0.497 e. The fourth-order valence-electron chi connectivity index (χ4n) is 3.08. The van der Waals surface area contributed by atoms with Gasteiger partial charge in [-0.25, -0.2) is 9.07 Å². The van der Waals surface area contributed by atoms with Crippen LogP contribution in [0.4, 0.5) is 8.78 Å². The molecule has 0 N–H and O–H groups in total. The topological polar surface area (TPSA) is 58.4 Å². The Labute approximate surface area is 173 Å². The molecule has 2 heterocycles. The first-order valence-electron chi connectivity index (χ1n) is 9.62. The molecule has 1 aromatic heterocycles. The number of hydrogen-bond donors (Lipinski definition) is 0. The van der Waals surface area contributed by atoms with Crippen molar-refractivity contribution < 1.29 is 22.8 Å². The van der Waals surface area contributed by atoms with Crippen LogP contribution in [-0.4, -0.2) is 33.3 Å². The van der Waals surface area contributed by atoms with Crippen LogP contribution in [-0.2, 0) is 15.9 Å². The van der Waals surface area contributed by atoms with Crippen molar-refractivity contribution in [1.29, 1.82) is 0 Å². The lowest BCUT2D eigenvalue weighted by molar-refractivity contribution is 0.00578. The summed E-state index contributed by atoms with van der Waals surface area (Å²) >= 11 is 0. The Balaban J connectivity index is 1.57. The summed E-state index contributed by atoms with van der Waals surface area (Å²) in [6.07, 6.45) is 1.35. The first kappa shape index (κ1) is 20.5. The van der Waals surface area contributed by atoms with Crippen LogP contribution in [0.1, 0.15) is 33.3 Å². The van der Waals surface area contributed by atoms with E-state index in [1.165, 1.54) is 23.0 Å². The number of halogens is 2. The van der Waals surface area contributed by atoms with Gasteiger partial charge >= 0.3 is 7.12 Å². The van der Waals surface area contributed by atoms with Gasteiger partial charge in [0, 0.05) is 5.46 Å². The monoisotopic (exact) mass is 413 g/mol. The minimum absolute atomic E-state index is 0.0191. The Morgan fingerprint density at radius 2 is 1.63 bits per heavy atom. The van der Waals surface area contributed by atoms with Gasteiger partial charge in [0.25, 0.3) is 0 Å². The zero-order valence-electron chi connectivity index (χ0n) is 17.2. The molecule has 1 saturated heterocycles. The van der Waals surface area contributed by atoms with Crippen molar-refractivity contribution in [2.75, 3.05) is 0 Å². The maximum absolute atomic E-state index is 14.8. The van der Waals surface area contributed by atoms with Crippen molar-refractivity contribution in [3.05, 3.63) is 65.9 Å². The summed E-state index contributed by atoms with van der Waals surface area (Å²) in [4.78, 5) is 0. The van der Waals surface area contributed by atoms with E-state index in [1.807, 2.05) is 58.0 Å². The largest absolute Gasteiger partial charge is 0.497 e. The molecule has 0 atom stereocenters. The SMILES string of the molecule is CC1(C)OB(c2ccc(Oc3cnnn3Cc3ccccc3)c(F)c2F)OC1(C)C. The van der Waals surface area contributed by atoms with E-state index in [2.05, 4.69) is 10.3 Å². The van der Waals surface area contributed by atoms with Gasteiger partial charge in [0.1, 0.15) is 6.20 Å². The molecule has 0 unspecified atom stereocenters. The average molecular weight is 413 g/mol. The third-order valence-corrected chi connectivity index (χ3v) is 5.56. The highest BCUT2D eigenvalue weighted by Gasteiger charge is 2.52. The number of rotatable bonds is 5. The Kier molecular flexibility index (Phi) is 5.11. The summed E-state index contributed by atoms with van der Waals surface area (Å²) in [6.45, 7) is 7.77. The molecule has 156 valence electrons. The molecule has 0 amide bonds. The van der Waals surface area contributed by atoms with Crippen molar-refractivity contribution >= 4 is 12.6 Å².